The first-order chi connectivity index (χ1) is 8.99. The summed E-state index contributed by atoms with van der Waals surface area (Å²) in [6.07, 6.45) is 3.56. The summed E-state index contributed by atoms with van der Waals surface area (Å²) >= 11 is 12.1. The molecule has 1 saturated carbocycles. The van der Waals surface area contributed by atoms with Crippen molar-refractivity contribution in [1.29, 1.82) is 0 Å². The predicted molar refractivity (Wildman–Crippen MR) is 81.7 cm³/mol. The van der Waals surface area contributed by atoms with Gasteiger partial charge in [-0.3, -0.25) is 0 Å². The van der Waals surface area contributed by atoms with Crippen molar-refractivity contribution in [2.45, 2.75) is 39.2 Å². The monoisotopic (exact) mass is 302 g/mol. The third-order valence-electron chi connectivity index (χ3n) is 3.59. The zero-order chi connectivity index (χ0) is 14.0. The van der Waals surface area contributed by atoms with E-state index in [9.17, 15) is 0 Å². The number of nitrogens with two attached hydrogens (primary N) is 1. The Hall–Kier alpha value is -0.710. The molecule has 0 aromatic carbocycles. The number of nitrogen functional groups attached to an aromatic ring is 1. The van der Waals surface area contributed by atoms with Gasteiger partial charge < -0.3 is 10.7 Å². The first kappa shape index (κ1) is 14.7. The van der Waals surface area contributed by atoms with E-state index in [2.05, 4.69) is 29.6 Å². The molecule has 0 bridgehead atoms. The van der Waals surface area contributed by atoms with Gasteiger partial charge in [-0.1, -0.05) is 37.0 Å². The van der Waals surface area contributed by atoms with Crippen LogP contribution in [0.2, 0.25) is 10.0 Å². The average Bonchev–Trinajstić information content (AvgIpc) is 2.31. The Morgan fingerprint density at radius 3 is 2.26 bits per heavy atom. The molecule has 1 fully saturated rings. The molecule has 2 rings (SSSR count). The van der Waals surface area contributed by atoms with Gasteiger partial charge in [0.25, 0.3) is 0 Å². The van der Waals surface area contributed by atoms with Crippen molar-refractivity contribution in [2.75, 3.05) is 10.7 Å². The molecule has 19 heavy (non-hydrogen) atoms. The summed E-state index contributed by atoms with van der Waals surface area (Å²) in [6, 6.07) is 2.05. The molecule has 4 nitrogen and oxygen atoms in total. The van der Waals surface area contributed by atoms with Crippen molar-refractivity contribution in [1.82, 2.24) is 4.98 Å². The van der Waals surface area contributed by atoms with Crippen LogP contribution in [-0.4, -0.2) is 11.0 Å². The second kappa shape index (κ2) is 6.16. The summed E-state index contributed by atoms with van der Waals surface area (Å²) in [4.78, 5) is 4.32. The molecule has 2 unspecified atom stereocenters. The highest BCUT2D eigenvalue weighted by atomic mass is 35.5. The molecule has 1 aromatic rings. The number of nitrogens with one attached hydrogen (secondary N) is 2. The normalized spacial score (nSPS) is 27.1. The molecule has 106 valence electrons. The van der Waals surface area contributed by atoms with Gasteiger partial charge in [-0.15, -0.1) is 0 Å². The molecule has 0 saturated heterocycles. The van der Waals surface area contributed by atoms with E-state index < -0.39 is 0 Å². The van der Waals surface area contributed by atoms with Crippen molar-refractivity contribution < 1.29 is 0 Å². The fourth-order valence-electron chi connectivity index (χ4n) is 2.93. The lowest BCUT2D eigenvalue weighted by molar-refractivity contribution is 0.280. The van der Waals surface area contributed by atoms with E-state index in [0.29, 0.717) is 27.7 Å². The summed E-state index contributed by atoms with van der Waals surface area (Å²) in [5.41, 5.74) is 2.48. The molecular formula is C13H20Cl2N4. The van der Waals surface area contributed by atoms with Crippen LogP contribution in [0.4, 0.5) is 11.6 Å². The fourth-order valence-corrected chi connectivity index (χ4v) is 3.39. The molecule has 1 aromatic heterocycles. The quantitative estimate of drug-likeness (QED) is 0.585. The van der Waals surface area contributed by atoms with Crippen LogP contribution in [0.1, 0.15) is 33.1 Å². The summed E-state index contributed by atoms with van der Waals surface area (Å²) in [7, 11) is 0. The first-order valence-corrected chi connectivity index (χ1v) is 7.34. The number of hydrazine groups is 1. The Morgan fingerprint density at radius 1 is 1.11 bits per heavy atom. The molecule has 0 amide bonds. The van der Waals surface area contributed by atoms with E-state index in [4.69, 9.17) is 29.0 Å². The van der Waals surface area contributed by atoms with Gasteiger partial charge in [0.15, 0.2) is 5.82 Å². The van der Waals surface area contributed by atoms with Crippen LogP contribution in [0.15, 0.2) is 6.07 Å². The number of aromatic nitrogens is 1. The molecule has 1 heterocycles. The average molecular weight is 303 g/mol. The van der Waals surface area contributed by atoms with E-state index in [1.54, 1.807) is 6.07 Å². The Balaban J connectivity index is 2.14. The molecule has 6 heteroatoms. The number of pyridine rings is 1. The SMILES string of the molecule is CC1CC(C)CC(Nc2nc(NN)c(Cl)cc2Cl)C1. The predicted octanol–water partition coefficient (Wildman–Crippen LogP) is 3.91. The van der Waals surface area contributed by atoms with Crippen molar-refractivity contribution >= 4 is 34.8 Å². The number of rotatable bonds is 3. The molecule has 1 aliphatic rings. The van der Waals surface area contributed by atoms with Crippen LogP contribution in [-0.2, 0) is 0 Å². The minimum Gasteiger partial charge on any atom is -0.366 e. The van der Waals surface area contributed by atoms with Crippen molar-refractivity contribution in [3.63, 3.8) is 0 Å². The lowest BCUT2D eigenvalue weighted by atomic mass is 9.80. The summed E-state index contributed by atoms with van der Waals surface area (Å²) in [5.74, 6) is 7.90. The van der Waals surface area contributed by atoms with Gasteiger partial charge in [-0.2, -0.15) is 0 Å². The van der Waals surface area contributed by atoms with E-state index in [1.807, 2.05) is 0 Å². The van der Waals surface area contributed by atoms with Crippen LogP contribution < -0.4 is 16.6 Å². The second-order valence-corrected chi connectivity index (χ2v) is 6.37. The minimum absolute atomic E-state index is 0.399. The second-order valence-electron chi connectivity index (χ2n) is 5.55. The fraction of sp³-hybridized carbons (Fsp3) is 0.615. The summed E-state index contributed by atoms with van der Waals surface area (Å²) in [6.45, 7) is 4.57. The molecule has 0 aliphatic heterocycles. The Bertz CT molecular complexity index is 443. The van der Waals surface area contributed by atoms with Gasteiger partial charge in [0.1, 0.15) is 5.82 Å². The smallest absolute Gasteiger partial charge is 0.161 e. The number of halogens is 2. The van der Waals surface area contributed by atoms with Crippen molar-refractivity contribution in [2.24, 2.45) is 17.7 Å². The molecule has 1 aliphatic carbocycles. The number of nitrogens with zero attached hydrogens (tertiary/aromatic N) is 1. The summed E-state index contributed by atoms with van der Waals surface area (Å²) < 4.78 is 0. The number of anilines is 2. The number of hydrogen-bond acceptors (Lipinski definition) is 4. The third-order valence-corrected chi connectivity index (χ3v) is 4.16. The Kier molecular flexibility index (Phi) is 4.76. The van der Waals surface area contributed by atoms with Gasteiger partial charge in [0.05, 0.1) is 10.0 Å². The van der Waals surface area contributed by atoms with E-state index in [-0.39, 0.29) is 0 Å². The standard InChI is InChI=1S/C13H20Cl2N4/c1-7-3-8(2)5-9(4-7)17-12-10(14)6-11(15)13(18-12)19-16/h6-9H,3-5,16H2,1-2H3,(H2,17,18,19). The van der Waals surface area contributed by atoms with Gasteiger partial charge in [-0.25, -0.2) is 10.8 Å². The molecular weight excluding hydrogens is 283 g/mol. The van der Waals surface area contributed by atoms with Crippen LogP contribution in [0, 0.1) is 11.8 Å². The lowest BCUT2D eigenvalue weighted by Gasteiger charge is -2.32. The highest BCUT2D eigenvalue weighted by Crippen LogP contribution is 2.33. The Labute approximate surface area is 124 Å². The van der Waals surface area contributed by atoms with Gasteiger partial charge in [0.2, 0.25) is 0 Å². The van der Waals surface area contributed by atoms with Crippen LogP contribution in [0.5, 0.6) is 0 Å². The highest BCUT2D eigenvalue weighted by Gasteiger charge is 2.24. The van der Waals surface area contributed by atoms with Crippen molar-refractivity contribution in [3.8, 4) is 0 Å². The maximum absolute atomic E-state index is 6.17. The number of hydrogen-bond donors (Lipinski definition) is 3. The zero-order valence-electron chi connectivity index (χ0n) is 11.2. The lowest BCUT2D eigenvalue weighted by Crippen LogP contribution is -2.30. The molecule has 4 N–H and O–H groups in total. The minimum atomic E-state index is 0.399. The molecule has 2 atom stereocenters. The van der Waals surface area contributed by atoms with Gasteiger partial charge in [-0.05, 0) is 37.2 Å². The van der Waals surface area contributed by atoms with E-state index in [1.165, 1.54) is 6.42 Å². The topological polar surface area (TPSA) is 63.0 Å². The van der Waals surface area contributed by atoms with Crippen LogP contribution in [0.25, 0.3) is 0 Å². The van der Waals surface area contributed by atoms with Crippen LogP contribution in [0.3, 0.4) is 0 Å². The van der Waals surface area contributed by atoms with Gasteiger partial charge >= 0.3 is 0 Å². The van der Waals surface area contributed by atoms with Crippen LogP contribution >= 0.6 is 23.2 Å². The van der Waals surface area contributed by atoms with Crippen molar-refractivity contribution in [3.05, 3.63) is 16.1 Å². The largest absolute Gasteiger partial charge is 0.366 e. The van der Waals surface area contributed by atoms with E-state index in [0.717, 1.165) is 24.7 Å². The molecule has 0 spiro atoms. The summed E-state index contributed by atoms with van der Waals surface area (Å²) in [5, 5.41) is 4.36. The maximum atomic E-state index is 6.17. The van der Waals surface area contributed by atoms with E-state index >= 15 is 0 Å². The first-order valence-electron chi connectivity index (χ1n) is 6.58. The zero-order valence-corrected chi connectivity index (χ0v) is 12.7. The maximum Gasteiger partial charge on any atom is 0.161 e. The Morgan fingerprint density at radius 2 is 1.68 bits per heavy atom. The third kappa shape index (κ3) is 3.65. The highest BCUT2D eigenvalue weighted by molar-refractivity contribution is 6.37. The van der Waals surface area contributed by atoms with Gasteiger partial charge in [0, 0.05) is 6.04 Å². The molecule has 0 radical (unpaired) electrons.